The minimum absolute atomic E-state index is 0.0278. The van der Waals surface area contributed by atoms with Gasteiger partial charge in [0.1, 0.15) is 12.3 Å². The van der Waals surface area contributed by atoms with Crippen molar-refractivity contribution in [2.24, 2.45) is 0 Å². The van der Waals surface area contributed by atoms with E-state index in [2.05, 4.69) is 15.4 Å². The van der Waals surface area contributed by atoms with E-state index in [-0.39, 0.29) is 12.5 Å². The van der Waals surface area contributed by atoms with Gasteiger partial charge >= 0.3 is 0 Å². The molecule has 3 rings (SSSR count). The van der Waals surface area contributed by atoms with Crippen molar-refractivity contribution >= 4 is 29.1 Å². The van der Waals surface area contributed by atoms with Crippen molar-refractivity contribution in [1.29, 1.82) is 0 Å². The number of carbonyl (C=O) groups excluding carboxylic acids is 1. The first kappa shape index (κ1) is 19.1. The number of carbonyl (C=O) groups is 1. The van der Waals surface area contributed by atoms with Crippen molar-refractivity contribution in [3.05, 3.63) is 58.1 Å². The summed E-state index contributed by atoms with van der Waals surface area (Å²) in [7, 11) is 3.27. The van der Waals surface area contributed by atoms with E-state index in [4.69, 9.17) is 27.9 Å². The molecule has 0 bridgehead atoms. The fourth-order valence-electron chi connectivity index (χ4n) is 2.48. The quantitative estimate of drug-likeness (QED) is 0.628. The predicted octanol–water partition coefficient (Wildman–Crippen LogP) is 3.31. The van der Waals surface area contributed by atoms with Crippen molar-refractivity contribution in [1.82, 2.24) is 25.1 Å². The second-order valence-electron chi connectivity index (χ2n) is 5.86. The molecule has 0 aliphatic heterocycles. The van der Waals surface area contributed by atoms with Crippen LogP contribution >= 0.6 is 23.2 Å². The van der Waals surface area contributed by atoms with E-state index >= 15 is 0 Å². The summed E-state index contributed by atoms with van der Waals surface area (Å²) in [5.74, 6) is 0.929. The molecule has 3 aromatic rings. The maximum Gasteiger partial charge on any atom is 0.246 e. The third kappa shape index (κ3) is 4.75. The van der Waals surface area contributed by atoms with Gasteiger partial charge in [-0.25, -0.2) is 0 Å². The molecular weight excluding hydrogens is 389 g/mol. The first-order valence-electron chi connectivity index (χ1n) is 8.06. The van der Waals surface area contributed by atoms with E-state index in [9.17, 15) is 4.79 Å². The van der Waals surface area contributed by atoms with Crippen LogP contribution in [0.1, 0.15) is 5.56 Å². The highest BCUT2D eigenvalue weighted by atomic mass is 35.5. The Morgan fingerprint density at radius 2 is 1.85 bits per heavy atom. The molecule has 1 aromatic heterocycles. The number of nitrogens with zero attached hydrogens (tertiary/aromatic N) is 5. The average Bonchev–Trinajstić information content (AvgIpc) is 3.11. The van der Waals surface area contributed by atoms with Gasteiger partial charge in [-0.1, -0.05) is 23.2 Å². The number of methoxy groups -OCH3 is 1. The molecule has 0 unspecified atom stereocenters. The number of tetrazole rings is 1. The molecule has 0 radical (unpaired) electrons. The van der Waals surface area contributed by atoms with Crippen LogP contribution < -0.4 is 4.74 Å². The fraction of sp³-hybridized carbons (Fsp3) is 0.222. The minimum Gasteiger partial charge on any atom is -0.496 e. The maximum absolute atomic E-state index is 12.5. The zero-order valence-corrected chi connectivity index (χ0v) is 16.3. The molecular formula is C18H17Cl2N5O2. The van der Waals surface area contributed by atoms with Crippen molar-refractivity contribution < 1.29 is 9.53 Å². The van der Waals surface area contributed by atoms with Crippen LogP contribution in [0.2, 0.25) is 10.0 Å². The maximum atomic E-state index is 12.5. The Kier molecular flexibility index (Phi) is 5.93. The van der Waals surface area contributed by atoms with Gasteiger partial charge in [-0.15, -0.1) is 10.2 Å². The number of halogens is 2. The van der Waals surface area contributed by atoms with E-state index in [1.54, 1.807) is 61.5 Å². The van der Waals surface area contributed by atoms with Crippen molar-refractivity contribution in [3.8, 4) is 17.1 Å². The van der Waals surface area contributed by atoms with Crippen LogP contribution in [0, 0.1) is 0 Å². The summed E-state index contributed by atoms with van der Waals surface area (Å²) in [5.41, 5.74) is 1.59. The van der Waals surface area contributed by atoms with E-state index < -0.39 is 0 Å². The van der Waals surface area contributed by atoms with Gasteiger partial charge in [-0.3, -0.25) is 4.79 Å². The molecule has 0 saturated carbocycles. The summed E-state index contributed by atoms with van der Waals surface area (Å²) in [4.78, 5) is 15.3. The highest BCUT2D eigenvalue weighted by Gasteiger charge is 2.15. The Hall–Kier alpha value is -2.64. The van der Waals surface area contributed by atoms with Crippen molar-refractivity contribution in [2.75, 3.05) is 14.2 Å². The lowest BCUT2D eigenvalue weighted by atomic mass is 10.2. The minimum atomic E-state index is -0.169. The SMILES string of the molecule is COc1ccc(Cl)cc1CN(C)C(=O)Cn1nnc(-c2ccc(Cl)cc2)n1. The Balaban J connectivity index is 1.67. The van der Waals surface area contributed by atoms with Crippen LogP contribution in [0.4, 0.5) is 0 Å². The molecule has 0 N–H and O–H groups in total. The lowest BCUT2D eigenvalue weighted by Crippen LogP contribution is -2.30. The lowest BCUT2D eigenvalue weighted by Gasteiger charge is -2.18. The van der Waals surface area contributed by atoms with E-state index in [0.29, 0.717) is 28.2 Å². The number of hydrogen-bond donors (Lipinski definition) is 0. The van der Waals surface area contributed by atoms with Gasteiger partial charge in [-0.2, -0.15) is 4.80 Å². The van der Waals surface area contributed by atoms with Gasteiger partial charge in [0.15, 0.2) is 0 Å². The normalized spacial score (nSPS) is 10.7. The molecule has 1 heterocycles. The second kappa shape index (κ2) is 8.37. The van der Waals surface area contributed by atoms with Crippen molar-refractivity contribution in [3.63, 3.8) is 0 Å². The first-order chi connectivity index (χ1) is 13.0. The van der Waals surface area contributed by atoms with Gasteiger partial charge in [0.25, 0.3) is 0 Å². The monoisotopic (exact) mass is 405 g/mol. The summed E-state index contributed by atoms with van der Waals surface area (Å²) in [6.45, 7) is 0.321. The van der Waals surface area contributed by atoms with Crippen LogP contribution in [0.15, 0.2) is 42.5 Å². The topological polar surface area (TPSA) is 73.1 Å². The zero-order chi connectivity index (χ0) is 19.4. The third-order valence-corrected chi connectivity index (χ3v) is 4.39. The van der Waals surface area contributed by atoms with Gasteiger partial charge in [0.05, 0.1) is 7.11 Å². The number of aromatic nitrogens is 4. The zero-order valence-electron chi connectivity index (χ0n) is 14.8. The predicted molar refractivity (Wildman–Crippen MR) is 103 cm³/mol. The van der Waals surface area contributed by atoms with Crippen LogP contribution in [0.3, 0.4) is 0 Å². The summed E-state index contributed by atoms with van der Waals surface area (Å²) in [6.07, 6.45) is 0. The molecule has 27 heavy (non-hydrogen) atoms. The van der Waals surface area contributed by atoms with E-state index in [1.165, 1.54) is 4.80 Å². The smallest absolute Gasteiger partial charge is 0.246 e. The molecule has 1 amide bonds. The molecule has 0 aliphatic rings. The molecule has 140 valence electrons. The molecule has 7 nitrogen and oxygen atoms in total. The molecule has 9 heteroatoms. The lowest BCUT2D eigenvalue weighted by molar-refractivity contribution is -0.131. The van der Waals surface area contributed by atoms with Crippen LogP contribution in [-0.2, 0) is 17.9 Å². The standard InChI is InChI=1S/C18H17Cl2N5O2/c1-24(10-13-9-15(20)7-8-16(13)27-2)17(26)11-25-22-18(21-23-25)12-3-5-14(19)6-4-12/h3-9H,10-11H2,1-2H3. The van der Waals surface area contributed by atoms with Gasteiger partial charge < -0.3 is 9.64 Å². The summed E-state index contributed by atoms with van der Waals surface area (Å²) >= 11 is 11.9. The number of hydrogen-bond acceptors (Lipinski definition) is 5. The van der Waals surface area contributed by atoms with Gasteiger partial charge in [0, 0.05) is 34.8 Å². The van der Waals surface area contributed by atoms with Crippen LogP contribution in [0.25, 0.3) is 11.4 Å². The second-order valence-corrected chi connectivity index (χ2v) is 6.73. The molecule has 0 saturated heterocycles. The number of likely N-dealkylation sites (N-methyl/N-ethyl adjacent to an activating group) is 1. The summed E-state index contributed by atoms with van der Waals surface area (Å²) in [5, 5.41) is 13.4. The van der Waals surface area contributed by atoms with E-state index in [1.807, 2.05) is 0 Å². The van der Waals surface area contributed by atoms with Crippen LogP contribution in [0.5, 0.6) is 5.75 Å². The van der Waals surface area contributed by atoms with E-state index in [0.717, 1.165) is 11.1 Å². The summed E-state index contributed by atoms with van der Waals surface area (Å²) in [6, 6.07) is 12.4. The number of amides is 1. The van der Waals surface area contributed by atoms with Crippen molar-refractivity contribution in [2.45, 2.75) is 13.1 Å². The molecule has 0 atom stereocenters. The largest absolute Gasteiger partial charge is 0.496 e. The highest BCUT2D eigenvalue weighted by Crippen LogP contribution is 2.24. The molecule has 2 aromatic carbocycles. The molecule has 0 aliphatic carbocycles. The number of benzene rings is 2. The van der Waals surface area contributed by atoms with Gasteiger partial charge in [0.2, 0.25) is 11.7 Å². The van der Waals surface area contributed by atoms with Gasteiger partial charge in [-0.05, 0) is 47.7 Å². The summed E-state index contributed by atoms with van der Waals surface area (Å²) < 4.78 is 5.31. The number of ether oxygens (including phenoxy) is 1. The Morgan fingerprint density at radius 1 is 1.15 bits per heavy atom. The van der Waals surface area contributed by atoms with Crippen LogP contribution in [-0.4, -0.2) is 45.2 Å². The average molecular weight is 406 g/mol. The Labute approximate surface area is 166 Å². The number of rotatable bonds is 6. The molecule has 0 spiro atoms. The highest BCUT2D eigenvalue weighted by molar-refractivity contribution is 6.30. The Morgan fingerprint density at radius 3 is 2.56 bits per heavy atom. The fourth-order valence-corrected chi connectivity index (χ4v) is 2.80. The first-order valence-corrected chi connectivity index (χ1v) is 8.82. The third-order valence-electron chi connectivity index (χ3n) is 3.91. The molecule has 0 fully saturated rings. The Bertz CT molecular complexity index is 943.